The molecular weight excluding hydrogens is 302 g/mol. The largest absolute Gasteiger partial charge is 0.372 e. The fourth-order valence-corrected chi connectivity index (χ4v) is 4.25. The standard InChI is InChI=1S/C15H27N3O3S/c1-6-22(19,20)9-10(2)16-13-7-8-21-15(13)14-11(3)17-18(5)12(14)4/h10,13,15-16H,6-9H2,1-5H3/t10-,13+,15+/m1/s1. The van der Waals surface area contributed by atoms with E-state index < -0.39 is 9.84 Å². The first-order valence-corrected chi connectivity index (χ1v) is 9.65. The smallest absolute Gasteiger partial charge is 0.151 e. The molecule has 3 atom stereocenters. The van der Waals surface area contributed by atoms with Gasteiger partial charge in [-0.15, -0.1) is 0 Å². The van der Waals surface area contributed by atoms with Crippen molar-refractivity contribution in [2.75, 3.05) is 18.1 Å². The van der Waals surface area contributed by atoms with E-state index in [1.165, 1.54) is 0 Å². The van der Waals surface area contributed by atoms with Gasteiger partial charge in [0.15, 0.2) is 9.84 Å². The highest BCUT2D eigenvalue weighted by Gasteiger charge is 2.34. The summed E-state index contributed by atoms with van der Waals surface area (Å²) >= 11 is 0. The summed E-state index contributed by atoms with van der Waals surface area (Å²) in [5.41, 5.74) is 3.21. The van der Waals surface area contributed by atoms with Crippen LogP contribution in [0.5, 0.6) is 0 Å². The summed E-state index contributed by atoms with van der Waals surface area (Å²) in [6.07, 6.45) is 0.829. The first-order valence-electron chi connectivity index (χ1n) is 7.83. The summed E-state index contributed by atoms with van der Waals surface area (Å²) in [6, 6.07) is 0.0417. The van der Waals surface area contributed by atoms with Crippen molar-refractivity contribution >= 4 is 9.84 Å². The second kappa shape index (κ2) is 6.68. The van der Waals surface area contributed by atoms with Gasteiger partial charge >= 0.3 is 0 Å². The van der Waals surface area contributed by atoms with Crippen molar-refractivity contribution in [1.82, 2.24) is 15.1 Å². The zero-order valence-corrected chi connectivity index (χ0v) is 14.9. The van der Waals surface area contributed by atoms with Gasteiger partial charge in [0.2, 0.25) is 0 Å². The third-order valence-electron chi connectivity index (χ3n) is 4.38. The van der Waals surface area contributed by atoms with E-state index in [-0.39, 0.29) is 29.7 Å². The highest BCUT2D eigenvalue weighted by atomic mass is 32.2. The molecule has 126 valence electrons. The molecule has 0 amide bonds. The molecule has 1 N–H and O–H groups in total. The quantitative estimate of drug-likeness (QED) is 0.851. The lowest BCUT2D eigenvalue weighted by molar-refractivity contribution is 0.0962. The lowest BCUT2D eigenvalue weighted by Crippen LogP contribution is -2.42. The van der Waals surface area contributed by atoms with Crippen LogP contribution in [-0.2, 0) is 21.6 Å². The molecule has 1 fully saturated rings. The molecule has 7 heteroatoms. The van der Waals surface area contributed by atoms with Crippen molar-refractivity contribution in [3.05, 3.63) is 17.0 Å². The Hall–Kier alpha value is -0.920. The molecule has 1 aliphatic heterocycles. The van der Waals surface area contributed by atoms with Crippen LogP contribution >= 0.6 is 0 Å². The topological polar surface area (TPSA) is 73.2 Å². The van der Waals surface area contributed by atoms with Crippen LogP contribution < -0.4 is 5.32 Å². The molecule has 2 rings (SSSR count). The van der Waals surface area contributed by atoms with Crippen molar-refractivity contribution in [1.29, 1.82) is 0 Å². The van der Waals surface area contributed by atoms with Gasteiger partial charge in [-0.3, -0.25) is 4.68 Å². The number of nitrogens with one attached hydrogen (secondary N) is 1. The van der Waals surface area contributed by atoms with E-state index in [0.717, 1.165) is 23.4 Å². The van der Waals surface area contributed by atoms with Crippen molar-refractivity contribution in [3.8, 4) is 0 Å². The van der Waals surface area contributed by atoms with Gasteiger partial charge in [0.25, 0.3) is 0 Å². The van der Waals surface area contributed by atoms with Crippen molar-refractivity contribution in [3.63, 3.8) is 0 Å². The normalized spacial score (nSPS) is 23.9. The van der Waals surface area contributed by atoms with Crippen LogP contribution in [0.4, 0.5) is 0 Å². The van der Waals surface area contributed by atoms with E-state index in [2.05, 4.69) is 10.4 Å². The molecule has 0 aliphatic carbocycles. The molecule has 0 radical (unpaired) electrons. The summed E-state index contributed by atoms with van der Waals surface area (Å²) in [4.78, 5) is 0. The minimum absolute atomic E-state index is 0.0551. The summed E-state index contributed by atoms with van der Waals surface area (Å²) in [6.45, 7) is 8.33. The number of hydrogen-bond donors (Lipinski definition) is 1. The zero-order chi connectivity index (χ0) is 16.5. The first-order chi connectivity index (χ1) is 10.2. The summed E-state index contributed by atoms with van der Waals surface area (Å²) in [5, 5.41) is 7.89. The minimum atomic E-state index is -2.97. The van der Waals surface area contributed by atoms with Gasteiger partial charge in [0.1, 0.15) is 6.10 Å². The molecule has 0 bridgehead atoms. The minimum Gasteiger partial charge on any atom is -0.372 e. The Bertz CT molecular complexity index is 624. The second-order valence-corrected chi connectivity index (χ2v) is 8.56. The molecule has 0 unspecified atom stereocenters. The van der Waals surface area contributed by atoms with Crippen LogP contribution in [0.2, 0.25) is 0 Å². The Morgan fingerprint density at radius 1 is 1.45 bits per heavy atom. The summed E-state index contributed by atoms with van der Waals surface area (Å²) in [5.74, 6) is 0.349. The number of aromatic nitrogens is 2. The van der Waals surface area contributed by atoms with E-state index >= 15 is 0 Å². The highest BCUT2D eigenvalue weighted by Crippen LogP contribution is 2.33. The van der Waals surface area contributed by atoms with E-state index in [1.54, 1.807) is 6.92 Å². The third kappa shape index (κ3) is 3.70. The molecule has 1 aromatic rings. The molecule has 0 aromatic carbocycles. The molecule has 0 spiro atoms. The fraction of sp³-hybridized carbons (Fsp3) is 0.800. The van der Waals surface area contributed by atoms with E-state index in [4.69, 9.17) is 4.74 Å². The van der Waals surface area contributed by atoms with Crippen LogP contribution in [0.1, 0.15) is 43.3 Å². The van der Waals surface area contributed by atoms with Crippen molar-refractivity contribution < 1.29 is 13.2 Å². The monoisotopic (exact) mass is 329 g/mol. The van der Waals surface area contributed by atoms with Gasteiger partial charge < -0.3 is 10.1 Å². The Morgan fingerprint density at radius 2 is 2.14 bits per heavy atom. The molecule has 1 aliphatic rings. The van der Waals surface area contributed by atoms with E-state index in [0.29, 0.717) is 6.61 Å². The van der Waals surface area contributed by atoms with Crippen LogP contribution in [0.25, 0.3) is 0 Å². The Kier molecular flexibility index (Phi) is 5.29. The van der Waals surface area contributed by atoms with Crippen LogP contribution in [0, 0.1) is 13.8 Å². The Balaban J connectivity index is 2.11. The molecule has 0 saturated carbocycles. The van der Waals surface area contributed by atoms with Gasteiger partial charge in [0, 0.05) is 42.7 Å². The van der Waals surface area contributed by atoms with E-state index in [1.807, 2.05) is 32.5 Å². The Labute approximate surface area is 133 Å². The van der Waals surface area contributed by atoms with Crippen LogP contribution in [-0.4, -0.2) is 48.4 Å². The summed E-state index contributed by atoms with van der Waals surface area (Å²) < 4.78 is 31.3. The van der Waals surface area contributed by atoms with E-state index in [9.17, 15) is 8.42 Å². The molecule has 22 heavy (non-hydrogen) atoms. The maximum Gasteiger partial charge on any atom is 0.151 e. The lowest BCUT2D eigenvalue weighted by atomic mass is 10.00. The number of aryl methyl sites for hydroxylation is 2. The molecule has 6 nitrogen and oxygen atoms in total. The van der Waals surface area contributed by atoms with Crippen LogP contribution in [0.3, 0.4) is 0 Å². The SMILES string of the molecule is CCS(=O)(=O)C[C@@H](C)N[C@H]1CCO[C@@H]1c1c(C)nn(C)c1C. The average molecular weight is 329 g/mol. The second-order valence-electron chi connectivity index (χ2n) is 6.16. The molecule has 2 heterocycles. The number of nitrogens with zero attached hydrogens (tertiary/aromatic N) is 2. The fourth-order valence-electron chi connectivity index (χ4n) is 3.16. The van der Waals surface area contributed by atoms with Gasteiger partial charge in [-0.25, -0.2) is 8.42 Å². The molecular formula is C15H27N3O3S. The maximum atomic E-state index is 11.8. The number of ether oxygens (including phenoxy) is 1. The third-order valence-corrected chi connectivity index (χ3v) is 6.27. The van der Waals surface area contributed by atoms with Gasteiger partial charge in [-0.2, -0.15) is 5.10 Å². The number of rotatable bonds is 6. The lowest BCUT2D eigenvalue weighted by Gasteiger charge is -2.24. The Morgan fingerprint density at radius 3 is 2.68 bits per heavy atom. The first kappa shape index (κ1) is 17.4. The predicted molar refractivity (Wildman–Crippen MR) is 86.7 cm³/mol. The predicted octanol–water partition coefficient (Wildman–Crippen LogP) is 1.28. The number of hydrogen-bond acceptors (Lipinski definition) is 5. The van der Waals surface area contributed by atoms with Crippen LogP contribution in [0.15, 0.2) is 0 Å². The van der Waals surface area contributed by atoms with Gasteiger partial charge in [-0.05, 0) is 27.2 Å². The average Bonchev–Trinajstić information content (AvgIpc) is 2.95. The summed E-state index contributed by atoms with van der Waals surface area (Å²) in [7, 11) is -1.04. The van der Waals surface area contributed by atoms with Gasteiger partial charge in [-0.1, -0.05) is 6.92 Å². The highest BCUT2D eigenvalue weighted by molar-refractivity contribution is 7.91. The number of sulfone groups is 1. The van der Waals surface area contributed by atoms with Crippen molar-refractivity contribution in [2.24, 2.45) is 7.05 Å². The van der Waals surface area contributed by atoms with Gasteiger partial charge in [0.05, 0.1) is 11.4 Å². The maximum absolute atomic E-state index is 11.8. The van der Waals surface area contributed by atoms with Crippen molar-refractivity contribution in [2.45, 2.75) is 52.3 Å². The molecule has 1 saturated heterocycles. The molecule has 1 aromatic heterocycles. The zero-order valence-electron chi connectivity index (χ0n) is 14.1.